The topological polar surface area (TPSA) is 52.7 Å². The third-order valence-electron chi connectivity index (χ3n) is 2.91. The Labute approximate surface area is 109 Å². The molecule has 0 unspecified atom stereocenters. The van der Waals surface area contributed by atoms with Crippen LogP contribution in [0.5, 0.6) is 0 Å². The van der Waals surface area contributed by atoms with Crippen LogP contribution in [0.25, 0.3) is 11.2 Å². The van der Waals surface area contributed by atoms with Crippen LogP contribution < -0.4 is 5.56 Å². The van der Waals surface area contributed by atoms with Crippen molar-refractivity contribution in [2.75, 3.05) is 0 Å². The van der Waals surface area contributed by atoms with Crippen molar-refractivity contribution in [2.45, 2.75) is 39.3 Å². The zero-order chi connectivity index (χ0) is 13.7. The zero-order valence-electron chi connectivity index (χ0n) is 11.9. The molecular formula is C11H20N4OSi2. The van der Waals surface area contributed by atoms with Gasteiger partial charge in [-0.05, 0) is 0 Å². The van der Waals surface area contributed by atoms with Gasteiger partial charge in [0.25, 0.3) is 5.56 Å². The lowest BCUT2D eigenvalue weighted by atomic mass is 10.5. The number of imidazole rings is 1. The summed E-state index contributed by atoms with van der Waals surface area (Å²) in [5, 5.41) is 0. The second-order valence-electron chi connectivity index (χ2n) is 6.55. The van der Waals surface area contributed by atoms with Crippen LogP contribution in [-0.2, 0) is 0 Å². The van der Waals surface area contributed by atoms with E-state index in [0.717, 1.165) is 0 Å². The van der Waals surface area contributed by atoms with Gasteiger partial charge in [-0.25, -0.2) is 9.97 Å². The van der Waals surface area contributed by atoms with Crippen molar-refractivity contribution >= 4 is 27.6 Å². The summed E-state index contributed by atoms with van der Waals surface area (Å²) in [5.74, 6) is 0. The first kappa shape index (κ1) is 13.2. The lowest BCUT2D eigenvalue weighted by Gasteiger charge is -2.22. The van der Waals surface area contributed by atoms with Gasteiger partial charge >= 0.3 is 0 Å². The van der Waals surface area contributed by atoms with Crippen LogP contribution >= 0.6 is 0 Å². The molecule has 0 aromatic carbocycles. The molecule has 2 aromatic heterocycles. The molecule has 0 spiro atoms. The predicted octanol–water partition coefficient (Wildman–Crippen LogP) is 1.96. The van der Waals surface area contributed by atoms with Crippen molar-refractivity contribution < 1.29 is 0 Å². The van der Waals surface area contributed by atoms with Gasteiger partial charge < -0.3 is 8.47 Å². The van der Waals surface area contributed by atoms with Gasteiger partial charge in [0.15, 0.2) is 22.1 Å². The van der Waals surface area contributed by atoms with Gasteiger partial charge in [-0.15, -0.1) is 0 Å². The molecule has 0 saturated heterocycles. The third kappa shape index (κ3) is 2.08. The lowest BCUT2D eigenvalue weighted by Crippen LogP contribution is -2.43. The molecule has 2 heterocycles. The van der Waals surface area contributed by atoms with E-state index >= 15 is 0 Å². The van der Waals surface area contributed by atoms with Crippen LogP contribution in [-0.4, -0.2) is 34.9 Å². The number of hydrogen-bond donors (Lipinski definition) is 0. The van der Waals surface area contributed by atoms with Gasteiger partial charge in [0, 0.05) is 0 Å². The van der Waals surface area contributed by atoms with Crippen molar-refractivity contribution in [3.63, 3.8) is 0 Å². The quantitative estimate of drug-likeness (QED) is 0.790. The Kier molecular flexibility index (Phi) is 2.86. The largest absolute Gasteiger partial charge is 0.353 e. The molecule has 0 fully saturated rings. The third-order valence-corrected chi connectivity index (χ3v) is 6.46. The molecule has 5 nitrogen and oxygen atoms in total. The highest BCUT2D eigenvalue weighted by Crippen LogP contribution is 2.13. The number of fused-ring (bicyclic) bond motifs is 1. The molecule has 0 radical (unpaired) electrons. The summed E-state index contributed by atoms with van der Waals surface area (Å²) < 4.78 is 3.86. The molecule has 0 N–H and O–H groups in total. The molecule has 0 aliphatic rings. The molecule has 0 amide bonds. The van der Waals surface area contributed by atoms with E-state index in [1.165, 1.54) is 0 Å². The highest BCUT2D eigenvalue weighted by Gasteiger charge is 2.25. The van der Waals surface area contributed by atoms with E-state index in [1.807, 2.05) is 8.47 Å². The van der Waals surface area contributed by atoms with Gasteiger partial charge in [-0.1, -0.05) is 39.3 Å². The van der Waals surface area contributed by atoms with Crippen LogP contribution in [0.2, 0.25) is 39.3 Å². The minimum absolute atomic E-state index is 0.0547. The van der Waals surface area contributed by atoms with Gasteiger partial charge in [-0.2, -0.15) is 0 Å². The molecule has 7 heteroatoms. The molecular weight excluding hydrogens is 260 g/mol. The first-order chi connectivity index (χ1) is 8.12. The van der Waals surface area contributed by atoms with Crippen LogP contribution in [0.3, 0.4) is 0 Å². The molecule has 0 aliphatic carbocycles. The molecule has 0 aliphatic heterocycles. The highest BCUT2D eigenvalue weighted by atomic mass is 28.3. The molecule has 0 atom stereocenters. The summed E-state index contributed by atoms with van der Waals surface area (Å²) in [6, 6.07) is 0. The van der Waals surface area contributed by atoms with Gasteiger partial charge in [0.05, 0.1) is 12.7 Å². The van der Waals surface area contributed by atoms with Crippen LogP contribution in [0, 0.1) is 0 Å². The summed E-state index contributed by atoms with van der Waals surface area (Å²) in [6.45, 7) is 13.0. The average molecular weight is 280 g/mol. The molecule has 2 rings (SSSR count). The number of rotatable bonds is 2. The Hall–Kier alpha value is -1.22. The van der Waals surface area contributed by atoms with Crippen LogP contribution in [0.4, 0.5) is 0 Å². The van der Waals surface area contributed by atoms with E-state index in [4.69, 9.17) is 0 Å². The fourth-order valence-electron chi connectivity index (χ4n) is 1.90. The van der Waals surface area contributed by atoms with Gasteiger partial charge in [-0.3, -0.25) is 4.79 Å². The zero-order valence-corrected chi connectivity index (χ0v) is 13.9. The summed E-state index contributed by atoms with van der Waals surface area (Å²) in [5.41, 5.74) is 1.29. The maximum Gasteiger partial charge on any atom is 0.270 e. The van der Waals surface area contributed by atoms with Crippen molar-refractivity contribution in [2.24, 2.45) is 0 Å². The number of aromatic nitrogens is 4. The monoisotopic (exact) mass is 280 g/mol. The highest BCUT2D eigenvalue weighted by molar-refractivity contribution is 6.75. The Morgan fingerprint density at radius 3 is 1.78 bits per heavy atom. The first-order valence-electron chi connectivity index (χ1n) is 6.08. The lowest BCUT2D eigenvalue weighted by molar-refractivity contribution is 1.00. The van der Waals surface area contributed by atoms with E-state index in [9.17, 15) is 4.79 Å². The Balaban J connectivity index is 2.85. The molecule has 0 bridgehead atoms. The van der Waals surface area contributed by atoms with E-state index < -0.39 is 16.5 Å². The fraction of sp³-hybridized carbons (Fsp3) is 0.545. The Bertz CT molecular complexity index is 646. The first-order valence-corrected chi connectivity index (χ1v) is 13.0. The second-order valence-corrected chi connectivity index (χ2v) is 16.2. The molecule has 2 aromatic rings. The SMILES string of the molecule is C[Si](C)(C)n1cnc2ncn([Si](C)(C)C)c2c1=O. The van der Waals surface area contributed by atoms with Crippen LogP contribution in [0.1, 0.15) is 0 Å². The summed E-state index contributed by atoms with van der Waals surface area (Å²) in [6.07, 6.45) is 3.41. The standard InChI is InChI=1S/C11H20N4OSi2/c1-17(2,3)14-7-12-10-9(14)11(16)15(8-13-10)18(4,5)6/h7-8H,1-6H3. The van der Waals surface area contributed by atoms with Crippen molar-refractivity contribution in [1.82, 2.24) is 18.4 Å². The maximum atomic E-state index is 12.6. The normalized spacial score (nSPS) is 13.2. The van der Waals surface area contributed by atoms with E-state index in [-0.39, 0.29) is 5.56 Å². The van der Waals surface area contributed by atoms with Crippen molar-refractivity contribution in [3.8, 4) is 0 Å². The molecule has 18 heavy (non-hydrogen) atoms. The van der Waals surface area contributed by atoms with Gasteiger partial charge in [0.2, 0.25) is 0 Å². The van der Waals surface area contributed by atoms with Crippen molar-refractivity contribution in [3.05, 3.63) is 23.0 Å². The number of nitrogens with zero attached hydrogens (tertiary/aromatic N) is 4. The van der Waals surface area contributed by atoms with Gasteiger partial charge in [0.1, 0.15) is 5.52 Å². The Morgan fingerprint density at radius 1 is 0.889 bits per heavy atom. The van der Waals surface area contributed by atoms with E-state index in [1.54, 1.807) is 12.7 Å². The maximum absolute atomic E-state index is 12.6. The number of hydrogen-bond acceptors (Lipinski definition) is 3. The Morgan fingerprint density at radius 2 is 1.33 bits per heavy atom. The molecule has 0 saturated carbocycles. The molecule has 98 valence electrons. The van der Waals surface area contributed by atoms with E-state index in [2.05, 4.69) is 49.3 Å². The minimum Gasteiger partial charge on any atom is -0.353 e. The smallest absolute Gasteiger partial charge is 0.270 e. The average Bonchev–Trinajstić information content (AvgIpc) is 2.59. The van der Waals surface area contributed by atoms with Crippen LogP contribution in [0.15, 0.2) is 17.4 Å². The fourth-order valence-corrected chi connectivity index (χ4v) is 4.29. The minimum atomic E-state index is -1.73. The predicted molar refractivity (Wildman–Crippen MR) is 79.3 cm³/mol. The second kappa shape index (κ2) is 3.89. The summed E-state index contributed by atoms with van der Waals surface area (Å²) in [7, 11) is -3.38. The van der Waals surface area contributed by atoms with E-state index in [0.29, 0.717) is 11.2 Å². The summed E-state index contributed by atoms with van der Waals surface area (Å²) in [4.78, 5) is 21.2. The summed E-state index contributed by atoms with van der Waals surface area (Å²) >= 11 is 0. The van der Waals surface area contributed by atoms with Crippen molar-refractivity contribution in [1.29, 1.82) is 0 Å².